The van der Waals surface area contributed by atoms with Crippen LogP contribution in [-0.2, 0) is 4.79 Å². The van der Waals surface area contributed by atoms with Crippen molar-refractivity contribution in [1.29, 1.82) is 0 Å². The van der Waals surface area contributed by atoms with Crippen LogP contribution in [0, 0.1) is 20.8 Å². The third-order valence-electron chi connectivity index (χ3n) is 2.75. The topological polar surface area (TPSA) is 38.3 Å². The van der Waals surface area contributed by atoms with E-state index < -0.39 is 0 Å². The second kappa shape index (κ2) is 5.74. The van der Waals surface area contributed by atoms with E-state index in [4.69, 9.17) is 16.3 Å². The molecular weight excluding hydrogens is 305 g/mol. The molecule has 0 radical (unpaired) electrons. The smallest absolute Gasteiger partial charge is 0.239 e. The van der Waals surface area contributed by atoms with Crippen LogP contribution in [0.2, 0.25) is 0 Å². The normalized spacial score (nSPS) is 10.2. The van der Waals surface area contributed by atoms with Crippen molar-refractivity contribution in [1.82, 2.24) is 0 Å². The van der Waals surface area contributed by atoms with E-state index in [0.29, 0.717) is 11.4 Å². The van der Waals surface area contributed by atoms with Crippen LogP contribution in [0.15, 0.2) is 4.47 Å². The highest BCUT2D eigenvalue weighted by molar-refractivity contribution is 9.10. The highest BCUT2D eigenvalue weighted by Crippen LogP contribution is 2.39. The van der Waals surface area contributed by atoms with E-state index >= 15 is 0 Å². The van der Waals surface area contributed by atoms with Gasteiger partial charge in [0.25, 0.3) is 0 Å². The Kier molecular flexibility index (Phi) is 4.83. The summed E-state index contributed by atoms with van der Waals surface area (Å²) in [7, 11) is 1.59. The summed E-state index contributed by atoms with van der Waals surface area (Å²) in [6, 6.07) is 0. The lowest BCUT2D eigenvalue weighted by Crippen LogP contribution is -2.15. The number of rotatable bonds is 3. The number of ether oxygens (including phenoxy) is 1. The van der Waals surface area contributed by atoms with Crippen molar-refractivity contribution in [3.63, 3.8) is 0 Å². The van der Waals surface area contributed by atoms with E-state index in [2.05, 4.69) is 21.2 Å². The molecule has 0 aliphatic heterocycles. The summed E-state index contributed by atoms with van der Waals surface area (Å²) in [4.78, 5) is 11.4. The third kappa shape index (κ3) is 2.75. The fraction of sp³-hybridized carbons (Fsp3) is 0.417. The van der Waals surface area contributed by atoms with Gasteiger partial charge in [-0.15, -0.1) is 11.6 Å². The molecule has 0 heterocycles. The first kappa shape index (κ1) is 14.3. The van der Waals surface area contributed by atoms with E-state index in [1.54, 1.807) is 7.11 Å². The first-order valence-corrected chi connectivity index (χ1v) is 6.45. The maximum absolute atomic E-state index is 11.4. The first-order chi connectivity index (χ1) is 7.93. The Bertz CT molecular complexity index is 461. The highest BCUT2D eigenvalue weighted by Gasteiger charge is 2.18. The van der Waals surface area contributed by atoms with E-state index in [9.17, 15) is 4.79 Å². The number of benzene rings is 1. The fourth-order valence-corrected chi connectivity index (χ4v) is 2.22. The molecule has 1 rings (SSSR count). The SMILES string of the molecule is COc1c(C)c(C)c(Br)c(C)c1NC(=O)CCl. The number of nitrogens with one attached hydrogen (secondary N) is 1. The number of anilines is 1. The minimum absolute atomic E-state index is 0.0763. The Hall–Kier alpha value is -0.740. The zero-order valence-corrected chi connectivity index (χ0v) is 12.6. The number of carbonyl (C=O) groups excluding carboxylic acids is 1. The first-order valence-electron chi connectivity index (χ1n) is 5.13. The molecule has 1 aromatic carbocycles. The van der Waals surface area contributed by atoms with Crippen LogP contribution >= 0.6 is 27.5 Å². The number of alkyl halides is 1. The van der Waals surface area contributed by atoms with E-state index in [-0.39, 0.29) is 11.8 Å². The summed E-state index contributed by atoms with van der Waals surface area (Å²) in [6.07, 6.45) is 0. The Labute approximate surface area is 115 Å². The second-order valence-electron chi connectivity index (χ2n) is 3.78. The molecule has 94 valence electrons. The van der Waals surface area contributed by atoms with Crippen molar-refractivity contribution in [2.75, 3.05) is 18.3 Å². The van der Waals surface area contributed by atoms with E-state index in [1.165, 1.54) is 0 Å². The van der Waals surface area contributed by atoms with Crippen molar-refractivity contribution >= 4 is 39.1 Å². The Morgan fingerprint density at radius 1 is 1.29 bits per heavy atom. The van der Waals surface area contributed by atoms with Crippen LogP contribution in [0.1, 0.15) is 16.7 Å². The molecule has 1 amide bonds. The zero-order valence-electron chi connectivity index (χ0n) is 10.3. The van der Waals surface area contributed by atoms with E-state index in [0.717, 1.165) is 21.2 Å². The molecule has 0 unspecified atom stereocenters. The van der Waals surface area contributed by atoms with Crippen LogP contribution in [-0.4, -0.2) is 18.9 Å². The number of halogens is 2. The molecule has 0 atom stereocenters. The number of amides is 1. The van der Waals surface area contributed by atoms with Gasteiger partial charge in [-0.3, -0.25) is 4.79 Å². The van der Waals surface area contributed by atoms with Gasteiger partial charge in [0.2, 0.25) is 5.91 Å². The quantitative estimate of drug-likeness (QED) is 0.865. The molecule has 0 bridgehead atoms. The van der Waals surface area contributed by atoms with Crippen molar-refractivity contribution in [2.45, 2.75) is 20.8 Å². The van der Waals surface area contributed by atoms with Crippen molar-refractivity contribution in [3.05, 3.63) is 21.2 Å². The van der Waals surface area contributed by atoms with Gasteiger partial charge >= 0.3 is 0 Å². The van der Waals surface area contributed by atoms with Crippen LogP contribution in [0.3, 0.4) is 0 Å². The molecule has 0 saturated heterocycles. The number of hydrogen-bond donors (Lipinski definition) is 1. The summed E-state index contributed by atoms with van der Waals surface area (Å²) in [5, 5.41) is 2.76. The number of carbonyl (C=O) groups is 1. The molecule has 0 aliphatic rings. The van der Waals surface area contributed by atoms with E-state index in [1.807, 2.05) is 20.8 Å². The van der Waals surface area contributed by atoms with Crippen LogP contribution < -0.4 is 10.1 Å². The van der Waals surface area contributed by atoms with Crippen molar-refractivity contribution in [2.24, 2.45) is 0 Å². The fourth-order valence-electron chi connectivity index (χ4n) is 1.66. The maximum atomic E-state index is 11.4. The zero-order chi connectivity index (χ0) is 13.2. The lowest BCUT2D eigenvalue weighted by molar-refractivity contribution is -0.113. The van der Waals surface area contributed by atoms with Crippen molar-refractivity contribution in [3.8, 4) is 5.75 Å². The van der Waals surface area contributed by atoms with Crippen LogP contribution in [0.5, 0.6) is 5.75 Å². The summed E-state index contributed by atoms with van der Waals surface area (Å²) in [5.41, 5.74) is 3.70. The predicted octanol–water partition coefficient (Wildman–Crippen LogP) is 3.56. The molecule has 1 N–H and O–H groups in total. The molecular formula is C12H15BrClNO2. The van der Waals surface area contributed by atoms with Gasteiger partial charge in [0.1, 0.15) is 11.6 Å². The van der Waals surface area contributed by atoms with Gasteiger partial charge in [-0.05, 0) is 37.5 Å². The average molecular weight is 321 g/mol. The Balaban J connectivity index is 3.41. The molecule has 3 nitrogen and oxygen atoms in total. The van der Waals surface area contributed by atoms with Gasteiger partial charge in [-0.2, -0.15) is 0 Å². The lowest BCUT2D eigenvalue weighted by atomic mass is 10.0. The summed E-state index contributed by atoms with van der Waals surface area (Å²) in [6.45, 7) is 5.87. The molecule has 5 heteroatoms. The van der Waals surface area contributed by atoms with Gasteiger partial charge in [-0.1, -0.05) is 15.9 Å². The monoisotopic (exact) mass is 319 g/mol. The van der Waals surface area contributed by atoms with Gasteiger partial charge < -0.3 is 10.1 Å². The molecule has 0 aromatic heterocycles. The predicted molar refractivity (Wildman–Crippen MR) is 74.3 cm³/mol. The third-order valence-corrected chi connectivity index (χ3v) is 4.19. The molecule has 1 aromatic rings. The summed E-state index contributed by atoms with van der Waals surface area (Å²) < 4.78 is 6.33. The minimum Gasteiger partial charge on any atom is -0.494 e. The standard InChI is InChI=1S/C12H15BrClNO2/c1-6-7(2)12(17-4)11(8(3)10(6)13)15-9(16)5-14/h5H2,1-4H3,(H,15,16). The van der Waals surface area contributed by atoms with Gasteiger partial charge in [0.05, 0.1) is 12.8 Å². The minimum atomic E-state index is -0.247. The van der Waals surface area contributed by atoms with Gasteiger partial charge in [-0.25, -0.2) is 0 Å². The molecule has 17 heavy (non-hydrogen) atoms. The maximum Gasteiger partial charge on any atom is 0.239 e. The number of hydrogen-bond acceptors (Lipinski definition) is 2. The van der Waals surface area contributed by atoms with Crippen LogP contribution in [0.4, 0.5) is 5.69 Å². The average Bonchev–Trinajstić information content (AvgIpc) is 2.33. The van der Waals surface area contributed by atoms with Gasteiger partial charge in [0.15, 0.2) is 0 Å². The second-order valence-corrected chi connectivity index (χ2v) is 4.84. The molecule has 0 saturated carbocycles. The number of methoxy groups -OCH3 is 1. The Morgan fingerprint density at radius 3 is 2.35 bits per heavy atom. The van der Waals surface area contributed by atoms with Crippen molar-refractivity contribution < 1.29 is 9.53 Å². The molecule has 0 fully saturated rings. The summed E-state index contributed by atoms with van der Waals surface area (Å²) in [5.74, 6) is 0.359. The lowest BCUT2D eigenvalue weighted by Gasteiger charge is -2.18. The summed E-state index contributed by atoms with van der Waals surface area (Å²) >= 11 is 9.01. The Morgan fingerprint density at radius 2 is 1.88 bits per heavy atom. The van der Waals surface area contributed by atoms with Gasteiger partial charge in [0, 0.05) is 4.47 Å². The largest absolute Gasteiger partial charge is 0.494 e. The molecule has 0 spiro atoms. The highest BCUT2D eigenvalue weighted by atomic mass is 79.9. The van der Waals surface area contributed by atoms with Crippen LogP contribution in [0.25, 0.3) is 0 Å². The molecule has 0 aliphatic carbocycles.